The highest BCUT2D eigenvalue weighted by Gasteiger charge is 2.21. The van der Waals surface area contributed by atoms with Crippen molar-refractivity contribution in [1.82, 2.24) is 14.8 Å². The van der Waals surface area contributed by atoms with Crippen molar-refractivity contribution in [3.63, 3.8) is 0 Å². The summed E-state index contributed by atoms with van der Waals surface area (Å²) < 4.78 is 29.0. The summed E-state index contributed by atoms with van der Waals surface area (Å²) in [6, 6.07) is 8.80. The summed E-state index contributed by atoms with van der Waals surface area (Å²) in [6.45, 7) is -0.668. The van der Waals surface area contributed by atoms with E-state index in [0.29, 0.717) is 5.16 Å². The van der Waals surface area contributed by atoms with Crippen molar-refractivity contribution >= 4 is 45.0 Å². The van der Waals surface area contributed by atoms with Gasteiger partial charge in [0.2, 0.25) is 10.0 Å². The van der Waals surface area contributed by atoms with Gasteiger partial charge in [-0.25, -0.2) is 18.4 Å². The molecular weight excluding hydrogens is 476 g/mol. The Balaban J connectivity index is 1.63. The van der Waals surface area contributed by atoms with Gasteiger partial charge in [-0.2, -0.15) is 0 Å². The zero-order valence-corrected chi connectivity index (χ0v) is 18.5. The van der Waals surface area contributed by atoms with Gasteiger partial charge >= 0.3 is 5.97 Å². The summed E-state index contributed by atoms with van der Waals surface area (Å²) in [4.78, 5) is 35.2. The molecule has 0 bridgehead atoms. The highest BCUT2D eigenvalue weighted by Crippen LogP contribution is 2.34. The predicted octanol–water partition coefficient (Wildman–Crippen LogP) is 1.32. The number of nitrogens with zero attached hydrogens (tertiary/aromatic N) is 4. The molecule has 15 heteroatoms. The van der Waals surface area contributed by atoms with Crippen LogP contribution in [0.1, 0.15) is 10.4 Å². The van der Waals surface area contributed by atoms with Gasteiger partial charge in [-0.3, -0.25) is 14.9 Å². The SMILES string of the molecule is Cn1cnnc1Sc1ccc(C(=O)OCC(=O)Nc2ccc(S(N)(=O)=O)cc2)cc1[N+](=O)[O-]. The number of hydrogen-bond donors (Lipinski definition) is 2. The first kappa shape index (κ1) is 23.8. The maximum atomic E-state index is 12.3. The van der Waals surface area contributed by atoms with E-state index >= 15 is 0 Å². The summed E-state index contributed by atoms with van der Waals surface area (Å²) in [7, 11) is -2.19. The van der Waals surface area contributed by atoms with Crippen LogP contribution in [-0.2, 0) is 26.6 Å². The third-order valence-corrected chi connectivity index (χ3v) is 6.11. The van der Waals surface area contributed by atoms with E-state index in [1.54, 1.807) is 11.6 Å². The predicted molar refractivity (Wildman–Crippen MR) is 115 cm³/mol. The molecule has 33 heavy (non-hydrogen) atoms. The van der Waals surface area contributed by atoms with Gasteiger partial charge in [0.25, 0.3) is 11.6 Å². The summed E-state index contributed by atoms with van der Waals surface area (Å²) >= 11 is 1.00. The zero-order valence-electron chi connectivity index (χ0n) is 16.9. The fourth-order valence-corrected chi connectivity index (χ4v) is 3.84. The molecule has 172 valence electrons. The highest BCUT2D eigenvalue weighted by atomic mass is 32.2. The summed E-state index contributed by atoms with van der Waals surface area (Å²) in [6.07, 6.45) is 1.44. The number of nitrogens with one attached hydrogen (secondary N) is 1. The van der Waals surface area contributed by atoms with E-state index in [9.17, 15) is 28.1 Å². The van der Waals surface area contributed by atoms with Crippen LogP contribution in [0.2, 0.25) is 0 Å². The average molecular weight is 492 g/mol. The molecule has 0 aliphatic heterocycles. The molecule has 0 saturated heterocycles. The number of carbonyl (C=O) groups excluding carboxylic acids is 2. The van der Waals surface area contributed by atoms with Crippen LogP contribution >= 0.6 is 11.8 Å². The number of esters is 1. The second-order valence-electron chi connectivity index (χ2n) is 6.46. The van der Waals surface area contributed by atoms with Gasteiger partial charge in [-0.1, -0.05) is 0 Å². The van der Waals surface area contributed by atoms with E-state index in [0.717, 1.165) is 17.8 Å². The molecule has 3 rings (SSSR count). The van der Waals surface area contributed by atoms with Gasteiger partial charge in [0.05, 0.1) is 20.3 Å². The molecule has 0 atom stereocenters. The number of rotatable bonds is 8. The van der Waals surface area contributed by atoms with E-state index in [1.807, 2.05) is 0 Å². The smallest absolute Gasteiger partial charge is 0.338 e. The largest absolute Gasteiger partial charge is 0.452 e. The molecule has 1 heterocycles. The summed E-state index contributed by atoms with van der Waals surface area (Å²) in [5.74, 6) is -1.64. The first-order valence-corrected chi connectivity index (χ1v) is 11.3. The Kier molecular flexibility index (Phi) is 7.05. The first-order chi connectivity index (χ1) is 15.5. The molecule has 1 aromatic heterocycles. The maximum Gasteiger partial charge on any atom is 0.338 e. The van der Waals surface area contributed by atoms with Crippen LogP contribution in [0.15, 0.2) is 63.7 Å². The minimum atomic E-state index is -3.87. The van der Waals surface area contributed by atoms with Crippen molar-refractivity contribution in [2.45, 2.75) is 14.9 Å². The topological polar surface area (TPSA) is 189 Å². The molecule has 0 aliphatic rings. The number of benzene rings is 2. The van der Waals surface area contributed by atoms with Crippen molar-refractivity contribution in [3.05, 3.63) is 64.5 Å². The molecule has 1 amide bonds. The van der Waals surface area contributed by atoms with E-state index in [4.69, 9.17) is 9.88 Å². The van der Waals surface area contributed by atoms with Gasteiger partial charge in [-0.15, -0.1) is 10.2 Å². The standard InChI is InChI=1S/C18H16N6O7S2/c1-23-10-20-22-18(23)32-15-7-2-11(8-14(15)24(27)28)17(26)31-9-16(25)21-12-3-5-13(6-4-12)33(19,29)30/h2-8,10H,9H2,1H3,(H,21,25)(H2,19,29,30). The minimum Gasteiger partial charge on any atom is -0.452 e. The third-order valence-electron chi connectivity index (χ3n) is 4.06. The molecule has 0 fully saturated rings. The second kappa shape index (κ2) is 9.76. The number of anilines is 1. The van der Waals surface area contributed by atoms with Crippen LogP contribution in [0, 0.1) is 10.1 Å². The lowest BCUT2D eigenvalue weighted by molar-refractivity contribution is -0.387. The fraction of sp³-hybridized carbons (Fsp3) is 0.111. The lowest BCUT2D eigenvalue weighted by Crippen LogP contribution is -2.21. The molecule has 13 nitrogen and oxygen atoms in total. The normalized spacial score (nSPS) is 11.1. The van der Waals surface area contributed by atoms with Crippen LogP contribution in [0.4, 0.5) is 11.4 Å². The number of primary sulfonamides is 1. The number of carbonyl (C=O) groups is 2. The summed E-state index contributed by atoms with van der Waals surface area (Å²) in [5, 5.41) is 26.8. The molecule has 3 N–H and O–H groups in total. The Labute approximate surface area is 191 Å². The van der Waals surface area contributed by atoms with E-state index < -0.39 is 33.4 Å². The minimum absolute atomic E-state index is 0.116. The van der Waals surface area contributed by atoms with E-state index in [1.165, 1.54) is 42.7 Å². The lowest BCUT2D eigenvalue weighted by atomic mass is 10.2. The van der Waals surface area contributed by atoms with Gasteiger partial charge in [0, 0.05) is 18.8 Å². The number of aryl methyl sites for hydroxylation is 1. The Morgan fingerprint density at radius 1 is 1.24 bits per heavy atom. The van der Waals surface area contributed by atoms with Crippen molar-refractivity contribution < 1.29 is 27.7 Å². The quantitative estimate of drug-likeness (QED) is 0.263. The lowest BCUT2D eigenvalue weighted by Gasteiger charge is -2.08. The van der Waals surface area contributed by atoms with Gasteiger partial charge in [0.15, 0.2) is 11.8 Å². The Hall–Kier alpha value is -3.82. The molecule has 0 saturated carbocycles. The van der Waals surface area contributed by atoms with Gasteiger partial charge < -0.3 is 14.6 Å². The Morgan fingerprint density at radius 3 is 2.52 bits per heavy atom. The van der Waals surface area contributed by atoms with Crippen LogP contribution in [0.5, 0.6) is 0 Å². The van der Waals surface area contributed by atoms with Crippen molar-refractivity contribution in [2.75, 3.05) is 11.9 Å². The first-order valence-electron chi connectivity index (χ1n) is 8.94. The number of nitro groups is 1. The van der Waals surface area contributed by atoms with Crippen LogP contribution < -0.4 is 10.5 Å². The van der Waals surface area contributed by atoms with Crippen LogP contribution in [-0.4, -0.2) is 46.6 Å². The number of hydrogen-bond acceptors (Lipinski definition) is 10. The molecule has 0 unspecified atom stereocenters. The molecule has 3 aromatic rings. The number of amides is 1. The molecule has 2 aromatic carbocycles. The average Bonchev–Trinajstić information content (AvgIpc) is 3.16. The number of aromatic nitrogens is 3. The molecule has 0 spiro atoms. The van der Waals surface area contributed by atoms with Crippen molar-refractivity contribution in [3.8, 4) is 0 Å². The summed E-state index contributed by atoms with van der Waals surface area (Å²) in [5.41, 5.74) is -0.199. The van der Waals surface area contributed by atoms with Crippen molar-refractivity contribution in [1.29, 1.82) is 0 Å². The van der Waals surface area contributed by atoms with Gasteiger partial charge in [-0.05, 0) is 48.2 Å². The Bertz CT molecular complexity index is 1320. The highest BCUT2D eigenvalue weighted by molar-refractivity contribution is 7.99. The van der Waals surface area contributed by atoms with Crippen LogP contribution in [0.25, 0.3) is 0 Å². The zero-order chi connectivity index (χ0) is 24.2. The molecular formula is C18H16N6O7S2. The van der Waals surface area contributed by atoms with E-state index in [2.05, 4.69) is 15.5 Å². The second-order valence-corrected chi connectivity index (χ2v) is 9.03. The molecule has 0 aliphatic carbocycles. The number of nitro benzene ring substituents is 1. The fourth-order valence-electron chi connectivity index (χ4n) is 2.48. The number of nitrogens with two attached hydrogens (primary N) is 1. The number of sulfonamides is 1. The van der Waals surface area contributed by atoms with Crippen LogP contribution in [0.3, 0.4) is 0 Å². The van der Waals surface area contributed by atoms with Gasteiger partial charge in [0.1, 0.15) is 6.33 Å². The third kappa shape index (κ3) is 6.12. The Morgan fingerprint density at radius 2 is 1.94 bits per heavy atom. The number of ether oxygens (including phenoxy) is 1. The van der Waals surface area contributed by atoms with Crippen molar-refractivity contribution in [2.24, 2.45) is 12.2 Å². The van der Waals surface area contributed by atoms with E-state index in [-0.39, 0.29) is 26.7 Å². The molecule has 0 radical (unpaired) electrons. The monoisotopic (exact) mass is 492 g/mol. The maximum absolute atomic E-state index is 12.3.